The smallest absolute Gasteiger partial charge is 0.323 e. The number of fused-ring (bicyclic) bond motifs is 1. The molecule has 0 unspecified atom stereocenters. The van der Waals surface area contributed by atoms with Crippen LogP contribution >= 0.6 is 0 Å². The number of hydrogen-bond donors (Lipinski definition) is 1. The van der Waals surface area contributed by atoms with Crippen LogP contribution in [-0.2, 0) is 19.1 Å². The summed E-state index contributed by atoms with van der Waals surface area (Å²) in [6.45, 7) is 3.64. The summed E-state index contributed by atoms with van der Waals surface area (Å²) in [7, 11) is 1.15. The Morgan fingerprint density at radius 3 is 2.25 bits per heavy atom. The number of esters is 1. The fourth-order valence-electron chi connectivity index (χ4n) is 2.91. The summed E-state index contributed by atoms with van der Waals surface area (Å²) in [5.41, 5.74) is 3.34. The lowest BCUT2D eigenvalue weighted by Gasteiger charge is -2.15. The van der Waals surface area contributed by atoms with Crippen LogP contribution in [0.4, 0.5) is 5.69 Å². The monoisotopic (exact) mass is 377 g/mol. The molecule has 3 aromatic rings. The first-order valence-electron chi connectivity index (χ1n) is 8.63. The Kier molecular flexibility index (Phi) is 5.44. The Bertz CT molecular complexity index is 1060. The van der Waals surface area contributed by atoms with Crippen LogP contribution in [0.1, 0.15) is 22.7 Å². The predicted octanol–water partition coefficient (Wildman–Crippen LogP) is 2.71. The van der Waals surface area contributed by atoms with Crippen molar-refractivity contribution in [3.05, 3.63) is 65.5 Å². The van der Waals surface area contributed by atoms with Gasteiger partial charge >= 0.3 is 5.97 Å². The maximum Gasteiger partial charge on any atom is 0.323 e. The van der Waals surface area contributed by atoms with Gasteiger partial charge in [-0.05, 0) is 37.1 Å². The lowest BCUT2D eigenvalue weighted by atomic mass is 9.99. The van der Waals surface area contributed by atoms with E-state index in [4.69, 9.17) is 4.74 Å². The summed E-state index contributed by atoms with van der Waals surface area (Å²) in [5, 5.41) is 2.60. The zero-order chi connectivity index (χ0) is 20.3. The van der Waals surface area contributed by atoms with Gasteiger partial charge in [0.1, 0.15) is 0 Å². The first-order valence-corrected chi connectivity index (χ1v) is 8.63. The quantitative estimate of drug-likeness (QED) is 0.417. The molecule has 0 aliphatic rings. The van der Waals surface area contributed by atoms with Gasteiger partial charge in [-0.2, -0.15) is 0 Å². The maximum absolute atomic E-state index is 12.8. The van der Waals surface area contributed by atoms with Gasteiger partial charge in [-0.25, -0.2) is 4.98 Å². The molecule has 2 aromatic carbocycles. The fraction of sp³-hybridized carbons (Fsp3) is 0.190. The number of amides is 1. The van der Waals surface area contributed by atoms with Crippen molar-refractivity contribution in [1.82, 2.24) is 9.97 Å². The molecular formula is C21H19N3O4. The number of rotatable bonds is 5. The van der Waals surface area contributed by atoms with Crippen molar-refractivity contribution in [1.29, 1.82) is 0 Å². The average Bonchev–Trinajstić information content (AvgIpc) is 2.70. The van der Waals surface area contributed by atoms with E-state index in [2.05, 4.69) is 15.3 Å². The molecule has 0 saturated heterocycles. The minimum Gasteiger partial charge on any atom is -0.468 e. The van der Waals surface area contributed by atoms with Crippen LogP contribution < -0.4 is 5.32 Å². The molecule has 3 rings (SSSR count). The Hall–Kier alpha value is -3.61. The third kappa shape index (κ3) is 3.73. The first-order chi connectivity index (χ1) is 13.4. The number of anilines is 1. The number of carbonyl (C=O) groups is 3. The van der Waals surface area contributed by atoms with Crippen LogP contribution in [0.25, 0.3) is 11.0 Å². The van der Waals surface area contributed by atoms with Crippen LogP contribution in [0, 0.1) is 13.8 Å². The molecule has 1 heterocycles. The van der Waals surface area contributed by atoms with Gasteiger partial charge < -0.3 is 10.1 Å². The number of Topliss-reactive ketones (excluding diaryl/α,β-unsaturated/α-hetero) is 1. The highest BCUT2D eigenvalue weighted by Crippen LogP contribution is 2.22. The van der Waals surface area contributed by atoms with Crippen molar-refractivity contribution >= 4 is 34.4 Å². The molecule has 7 nitrogen and oxygen atoms in total. The van der Waals surface area contributed by atoms with E-state index in [1.54, 1.807) is 24.3 Å². The molecular weight excluding hydrogens is 358 g/mol. The Morgan fingerprint density at radius 2 is 1.61 bits per heavy atom. The number of carbonyl (C=O) groups excluding carboxylic acids is 3. The first kappa shape index (κ1) is 19.2. The number of nitrogens with one attached hydrogen (secondary N) is 1. The molecule has 1 N–H and O–H groups in total. The van der Waals surface area contributed by atoms with E-state index in [-0.39, 0.29) is 5.69 Å². The fourth-order valence-corrected chi connectivity index (χ4v) is 2.91. The van der Waals surface area contributed by atoms with Crippen molar-refractivity contribution in [3.8, 4) is 0 Å². The number of methoxy groups -OCH3 is 1. The van der Waals surface area contributed by atoms with E-state index in [0.29, 0.717) is 16.7 Å². The average molecular weight is 377 g/mol. The Balaban J connectivity index is 1.95. The van der Waals surface area contributed by atoms with Gasteiger partial charge in [0.25, 0.3) is 5.91 Å². The molecule has 7 heteroatoms. The summed E-state index contributed by atoms with van der Waals surface area (Å²) in [4.78, 5) is 46.3. The van der Waals surface area contributed by atoms with Crippen molar-refractivity contribution in [2.75, 3.05) is 12.4 Å². The maximum atomic E-state index is 12.8. The molecule has 1 amide bonds. The number of benzene rings is 2. The highest BCUT2D eigenvalue weighted by molar-refractivity contribution is 6.45. The second-order valence-corrected chi connectivity index (χ2v) is 6.32. The van der Waals surface area contributed by atoms with Gasteiger partial charge in [0.2, 0.25) is 5.78 Å². The molecule has 28 heavy (non-hydrogen) atoms. The number of aryl methyl sites for hydroxylation is 2. The van der Waals surface area contributed by atoms with Gasteiger partial charge in [0.15, 0.2) is 5.92 Å². The molecule has 0 radical (unpaired) electrons. The highest BCUT2D eigenvalue weighted by atomic mass is 16.5. The summed E-state index contributed by atoms with van der Waals surface area (Å²) in [5.74, 6) is -4.24. The number of aromatic nitrogens is 2. The topological polar surface area (TPSA) is 98.2 Å². The molecule has 0 spiro atoms. The lowest BCUT2D eigenvalue weighted by Crippen LogP contribution is -2.34. The minimum atomic E-state index is -1.49. The third-order valence-corrected chi connectivity index (χ3v) is 4.41. The van der Waals surface area contributed by atoms with Crippen molar-refractivity contribution in [3.63, 3.8) is 0 Å². The van der Waals surface area contributed by atoms with Crippen LogP contribution in [0.5, 0.6) is 0 Å². The lowest BCUT2D eigenvalue weighted by molar-refractivity contribution is -0.148. The van der Waals surface area contributed by atoms with Crippen LogP contribution in [0.2, 0.25) is 0 Å². The van der Waals surface area contributed by atoms with Gasteiger partial charge in [-0.15, -0.1) is 0 Å². The number of nitrogens with zero attached hydrogens (tertiary/aromatic N) is 2. The van der Waals surface area contributed by atoms with Crippen LogP contribution in [-0.4, -0.2) is 34.7 Å². The van der Waals surface area contributed by atoms with Gasteiger partial charge in [0.05, 0.1) is 30.0 Å². The molecule has 0 aliphatic carbocycles. The highest BCUT2D eigenvalue weighted by Gasteiger charge is 2.36. The molecule has 1 aromatic heterocycles. The second-order valence-electron chi connectivity index (χ2n) is 6.32. The molecule has 0 bridgehead atoms. The van der Waals surface area contributed by atoms with Crippen molar-refractivity contribution in [2.24, 2.45) is 0 Å². The number of ether oxygens (including phenoxy) is 1. The zero-order valence-corrected chi connectivity index (χ0v) is 15.7. The number of para-hydroxylation sites is 3. The third-order valence-electron chi connectivity index (χ3n) is 4.41. The Morgan fingerprint density at radius 1 is 0.964 bits per heavy atom. The normalized spacial score (nSPS) is 11.7. The summed E-state index contributed by atoms with van der Waals surface area (Å²) in [6, 6.07) is 12.5. The zero-order valence-electron chi connectivity index (χ0n) is 15.7. The minimum absolute atomic E-state index is 0.0622. The Labute approximate surface area is 161 Å². The summed E-state index contributed by atoms with van der Waals surface area (Å²) >= 11 is 0. The summed E-state index contributed by atoms with van der Waals surface area (Å²) in [6.07, 6.45) is 1.31. The van der Waals surface area contributed by atoms with E-state index in [0.717, 1.165) is 18.2 Å². The van der Waals surface area contributed by atoms with Crippen LogP contribution in [0.3, 0.4) is 0 Å². The predicted molar refractivity (Wildman–Crippen MR) is 104 cm³/mol. The molecule has 0 saturated carbocycles. The van der Waals surface area contributed by atoms with Crippen molar-refractivity contribution < 1.29 is 19.1 Å². The number of ketones is 1. The van der Waals surface area contributed by atoms with Gasteiger partial charge in [-0.3, -0.25) is 19.4 Å². The largest absolute Gasteiger partial charge is 0.468 e. The molecule has 142 valence electrons. The van der Waals surface area contributed by atoms with Crippen molar-refractivity contribution in [2.45, 2.75) is 19.8 Å². The second kappa shape index (κ2) is 7.96. The van der Waals surface area contributed by atoms with E-state index in [1.807, 2.05) is 32.0 Å². The van der Waals surface area contributed by atoms with Gasteiger partial charge in [0, 0.05) is 5.69 Å². The number of hydrogen-bond acceptors (Lipinski definition) is 6. The van der Waals surface area contributed by atoms with E-state index in [9.17, 15) is 14.4 Å². The standard InChI is InChI=1S/C21H19N3O4/c1-12-7-6-8-13(2)18(12)24-20(26)19(25)17(21(27)28-3)16-11-22-14-9-4-5-10-15(14)23-16/h4-11,17H,1-3H3,(H,24,26)/t17-/m1/s1. The van der Waals surface area contributed by atoms with Crippen LogP contribution in [0.15, 0.2) is 48.7 Å². The SMILES string of the molecule is COC(=O)[C@@H](C(=O)C(=O)Nc1c(C)cccc1C)c1cnc2ccccc2n1. The van der Waals surface area contributed by atoms with E-state index in [1.165, 1.54) is 6.20 Å². The molecule has 1 atom stereocenters. The van der Waals surface area contributed by atoms with E-state index >= 15 is 0 Å². The molecule has 0 fully saturated rings. The summed E-state index contributed by atoms with van der Waals surface area (Å²) < 4.78 is 4.74. The van der Waals surface area contributed by atoms with Gasteiger partial charge in [-0.1, -0.05) is 30.3 Å². The van der Waals surface area contributed by atoms with E-state index < -0.39 is 23.6 Å². The molecule has 0 aliphatic heterocycles.